The van der Waals surface area contributed by atoms with E-state index >= 15 is 0 Å². The van der Waals surface area contributed by atoms with Crippen LogP contribution in [-0.2, 0) is 11.2 Å². The van der Waals surface area contributed by atoms with Crippen molar-refractivity contribution in [2.75, 3.05) is 19.7 Å². The molecule has 0 aliphatic heterocycles. The van der Waals surface area contributed by atoms with E-state index in [0.717, 1.165) is 32.0 Å². The van der Waals surface area contributed by atoms with Gasteiger partial charge in [0.05, 0.1) is 12.2 Å². The third kappa shape index (κ3) is 4.90. The van der Waals surface area contributed by atoms with Crippen LogP contribution in [0.1, 0.15) is 44.4 Å². The van der Waals surface area contributed by atoms with Gasteiger partial charge < -0.3 is 10.1 Å². The topological polar surface area (TPSA) is 21.3 Å². The Labute approximate surface area is 121 Å². The third-order valence-corrected chi connectivity index (χ3v) is 4.85. The molecule has 0 bridgehead atoms. The van der Waals surface area contributed by atoms with Gasteiger partial charge in [-0.25, -0.2) is 0 Å². The van der Waals surface area contributed by atoms with Gasteiger partial charge in [0.15, 0.2) is 0 Å². The molecule has 2 nitrogen and oxygen atoms in total. The quantitative estimate of drug-likeness (QED) is 0.694. The van der Waals surface area contributed by atoms with Gasteiger partial charge in [0.1, 0.15) is 0 Å². The van der Waals surface area contributed by atoms with E-state index in [1.807, 2.05) is 11.3 Å². The van der Waals surface area contributed by atoms with Crippen LogP contribution in [-0.4, -0.2) is 25.3 Å². The van der Waals surface area contributed by atoms with Gasteiger partial charge in [-0.2, -0.15) is 0 Å². The molecule has 1 saturated carbocycles. The van der Waals surface area contributed by atoms with Crippen molar-refractivity contribution >= 4 is 11.3 Å². The molecule has 1 N–H and O–H groups in total. The predicted molar refractivity (Wildman–Crippen MR) is 82.9 cm³/mol. The van der Waals surface area contributed by atoms with Gasteiger partial charge in [-0.3, -0.25) is 0 Å². The van der Waals surface area contributed by atoms with E-state index in [1.54, 1.807) is 0 Å². The minimum atomic E-state index is 0.196. The van der Waals surface area contributed by atoms with Gasteiger partial charge in [-0.1, -0.05) is 19.9 Å². The molecule has 0 spiro atoms. The number of hydrogen-bond acceptors (Lipinski definition) is 3. The number of nitrogens with one attached hydrogen (secondary N) is 1. The Morgan fingerprint density at radius 2 is 2.26 bits per heavy atom. The Morgan fingerprint density at radius 1 is 1.42 bits per heavy atom. The van der Waals surface area contributed by atoms with Gasteiger partial charge in [-0.05, 0) is 56.1 Å². The van der Waals surface area contributed by atoms with E-state index in [1.165, 1.54) is 30.6 Å². The van der Waals surface area contributed by atoms with Crippen LogP contribution < -0.4 is 5.32 Å². The van der Waals surface area contributed by atoms with Crippen molar-refractivity contribution in [3.05, 3.63) is 22.4 Å². The van der Waals surface area contributed by atoms with E-state index in [-0.39, 0.29) is 5.60 Å². The lowest BCUT2D eigenvalue weighted by molar-refractivity contribution is -0.103. The first-order valence-electron chi connectivity index (χ1n) is 7.57. The van der Waals surface area contributed by atoms with Crippen LogP contribution in [0.4, 0.5) is 0 Å². The average molecular weight is 281 g/mol. The van der Waals surface area contributed by atoms with Gasteiger partial charge >= 0.3 is 0 Å². The predicted octanol–water partition coefficient (Wildman–Crippen LogP) is 3.87. The molecular weight excluding hydrogens is 254 g/mol. The molecule has 1 fully saturated rings. The number of ether oxygens (including phenoxy) is 1. The zero-order valence-corrected chi connectivity index (χ0v) is 13.1. The summed E-state index contributed by atoms with van der Waals surface area (Å²) < 4.78 is 6.21. The summed E-state index contributed by atoms with van der Waals surface area (Å²) in [5.74, 6) is 0.733. The molecule has 0 saturated heterocycles. The number of hydrogen-bond donors (Lipinski definition) is 1. The van der Waals surface area contributed by atoms with Gasteiger partial charge in [0, 0.05) is 11.3 Å². The van der Waals surface area contributed by atoms with Crippen LogP contribution in [0, 0.1) is 5.92 Å². The molecule has 0 atom stereocenters. The lowest BCUT2D eigenvalue weighted by Crippen LogP contribution is -2.43. The Bertz CT molecular complexity index is 344. The SMILES string of the molecule is CC(C)CNCCC1(OCCc2cccs2)CCC1. The highest BCUT2D eigenvalue weighted by atomic mass is 32.1. The van der Waals surface area contributed by atoms with E-state index in [2.05, 4.69) is 36.7 Å². The first-order valence-corrected chi connectivity index (χ1v) is 8.45. The minimum absolute atomic E-state index is 0.196. The van der Waals surface area contributed by atoms with Crippen LogP contribution in [0.15, 0.2) is 17.5 Å². The summed E-state index contributed by atoms with van der Waals surface area (Å²) in [7, 11) is 0. The molecule has 19 heavy (non-hydrogen) atoms. The lowest BCUT2D eigenvalue weighted by Gasteiger charge is -2.42. The van der Waals surface area contributed by atoms with Crippen molar-refractivity contribution in [2.24, 2.45) is 5.92 Å². The fourth-order valence-electron chi connectivity index (χ4n) is 2.57. The lowest BCUT2D eigenvalue weighted by atomic mass is 9.77. The summed E-state index contributed by atoms with van der Waals surface area (Å²) in [6.45, 7) is 7.60. The highest BCUT2D eigenvalue weighted by Crippen LogP contribution is 2.38. The summed E-state index contributed by atoms with van der Waals surface area (Å²) in [6, 6.07) is 4.32. The summed E-state index contributed by atoms with van der Waals surface area (Å²) >= 11 is 1.83. The molecule has 0 unspecified atom stereocenters. The van der Waals surface area contributed by atoms with Crippen molar-refractivity contribution in [1.29, 1.82) is 0 Å². The molecular formula is C16H27NOS. The normalized spacial score (nSPS) is 17.6. The second kappa shape index (κ2) is 7.41. The van der Waals surface area contributed by atoms with Crippen molar-refractivity contribution < 1.29 is 4.74 Å². The molecule has 1 aliphatic carbocycles. The Hall–Kier alpha value is -0.380. The summed E-state index contributed by atoms with van der Waals surface area (Å²) in [5.41, 5.74) is 0.196. The molecule has 0 radical (unpaired) electrons. The standard InChI is InChI=1S/C16H27NOS/c1-14(2)13-17-10-9-16(7-4-8-16)18-11-6-15-5-3-12-19-15/h3,5,12,14,17H,4,6-11,13H2,1-2H3. The largest absolute Gasteiger partial charge is 0.375 e. The Morgan fingerprint density at radius 3 is 2.84 bits per heavy atom. The molecule has 0 aromatic carbocycles. The van der Waals surface area contributed by atoms with Gasteiger partial charge in [0.2, 0.25) is 0 Å². The summed E-state index contributed by atoms with van der Waals surface area (Å²) in [5, 5.41) is 5.68. The van der Waals surface area contributed by atoms with Gasteiger partial charge in [-0.15, -0.1) is 11.3 Å². The summed E-state index contributed by atoms with van der Waals surface area (Å²) in [6.07, 6.45) is 6.08. The van der Waals surface area contributed by atoms with Crippen molar-refractivity contribution in [2.45, 2.75) is 51.6 Å². The van der Waals surface area contributed by atoms with Crippen molar-refractivity contribution in [3.63, 3.8) is 0 Å². The molecule has 3 heteroatoms. The first kappa shape index (κ1) is 15.0. The van der Waals surface area contributed by atoms with E-state index < -0.39 is 0 Å². The molecule has 0 amide bonds. The monoisotopic (exact) mass is 281 g/mol. The molecule has 1 heterocycles. The maximum atomic E-state index is 6.21. The average Bonchev–Trinajstić information content (AvgIpc) is 2.83. The maximum Gasteiger partial charge on any atom is 0.0694 e. The van der Waals surface area contributed by atoms with Gasteiger partial charge in [0.25, 0.3) is 0 Å². The van der Waals surface area contributed by atoms with Crippen LogP contribution in [0.3, 0.4) is 0 Å². The fraction of sp³-hybridized carbons (Fsp3) is 0.750. The van der Waals surface area contributed by atoms with Crippen molar-refractivity contribution in [3.8, 4) is 0 Å². The zero-order valence-electron chi connectivity index (χ0n) is 12.3. The smallest absolute Gasteiger partial charge is 0.0694 e. The second-order valence-corrected chi connectivity index (χ2v) is 7.09. The minimum Gasteiger partial charge on any atom is -0.375 e. The van der Waals surface area contributed by atoms with E-state index in [0.29, 0.717) is 0 Å². The van der Waals surface area contributed by atoms with Crippen LogP contribution in [0.25, 0.3) is 0 Å². The maximum absolute atomic E-state index is 6.21. The number of rotatable bonds is 9. The van der Waals surface area contributed by atoms with E-state index in [4.69, 9.17) is 4.74 Å². The molecule has 1 aromatic heterocycles. The Kier molecular flexibility index (Phi) is 5.86. The molecule has 1 aromatic rings. The highest BCUT2D eigenvalue weighted by Gasteiger charge is 2.37. The number of thiophene rings is 1. The van der Waals surface area contributed by atoms with E-state index in [9.17, 15) is 0 Å². The molecule has 108 valence electrons. The molecule has 1 aliphatic rings. The highest BCUT2D eigenvalue weighted by molar-refractivity contribution is 7.09. The summed E-state index contributed by atoms with van der Waals surface area (Å²) in [4.78, 5) is 1.44. The fourth-order valence-corrected chi connectivity index (χ4v) is 3.26. The Balaban J connectivity index is 1.63. The van der Waals surface area contributed by atoms with Crippen LogP contribution >= 0.6 is 11.3 Å². The van der Waals surface area contributed by atoms with Crippen LogP contribution in [0.2, 0.25) is 0 Å². The second-order valence-electron chi connectivity index (χ2n) is 6.06. The third-order valence-electron chi connectivity index (χ3n) is 3.91. The van der Waals surface area contributed by atoms with Crippen LogP contribution in [0.5, 0.6) is 0 Å². The zero-order chi connectivity index (χ0) is 13.6. The first-order chi connectivity index (χ1) is 9.20. The van der Waals surface area contributed by atoms with Crippen molar-refractivity contribution in [1.82, 2.24) is 5.32 Å². The molecule has 2 rings (SSSR count).